The van der Waals surface area contributed by atoms with Crippen molar-refractivity contribution < 1.29 is 4.39 Å². The molecule has 3 rings (SSSR count). The monoisotopic (exact) mass is 283 g/mol. The zero-order valence-corrected chi connectivity index (χ0v) is 12.2. The Morgan fingerprint density at radius 3 is 2.71 bits per heavy atom. The number of aromatic nitrogens is 2. The second-order valence-corrected chi connectivity index (χ2v) is 5.40. The summed E-state index contributed by atoms with van der Waals surface area (Å²) in [7, 11) is 1.99. The summed E-state index contributed by atoms with van der Waals surface area (Å²) >= 11 is 0. The fourth-order valence-corrected chi connectivity index (χ4v) is 2.59. The van der Waals surface area contributed by atoms with Crippen molar-refractivity contribution in [2.75, 3.05) is 0 Å². The summed E-state index contributed by atoms with van der Waals surface area (Å²) in [6.45, 7) is 1.75. The van der Waals surface area contributed by atoms with Crippen LogP contribution in [-0.4, -0.2) is 9.55 Å². The minimum absolute atomic E-state index is 0.195. The van der Waals surface area contributed by atoms with Gasteiger partial charge in [0.1, 0.15) is 11.6 Å². The maximum absolute atomic E-state index is 13.3. The molecule has 0 aliphatic rings. The van der Waals surface area contributed by atoms with Crippen molar-refractivity contribution in [1.82, 2.24) is 9.55 Å². The average molecular weight is 283 g/mol. The third-order valence-corrected chi connectivity index (χ3v) is 3.89. The molecule has 0 saturated heterocycles. The van der Waals surface area contributed by atoms with Crippen LogP contribution in [-0.2, 0) is 13.5 Å². The number of imidazole rings is 1. The number of rotatable bonds is 3. The summed E-state index contributed by atoms with van der Waals surface area (Å²) in [5.74, 6) is 0.736. The third kappa shape index (κ3) is 2.54. The van der Waals surface area contributed by atoms with Crippen molar-refractivity contribution in [1.29, 1.82) is 0 Å². The Labute approximate surface area is 123 Å². The number of benzene rings is 2. The highest BCUT2D eigenvalue weighted by atomic mass is 19.1. The molecular formula is C17H18FN3. The van der Waals surface area contributed by atoms with E-state index in [9.17, 15) is 4.39 Å². The Hall–Kier alpha value is -2.20. The minimum atomic E-state index is -0.200. The van der Waals surface area contributed by atoms with E-state index in [-0.39, 0.29) is 11.9 Å². The van der Waals surface area contributed by atoms with E-state index in [1.165, 1.54) is 6.07 Å². The fraction of sp³-hybridized carbons (Fsp3) is 0.235. The van der Waals surface area contributed by atoms with Gasteiger partial charge in [0.05, 0.1) is 11.0 Å². The summed E-state index contributed by atoms with van der Waals surface area (Å²) in [4.78, 5) is 4.63. The van der Waals surface area contributed by atoms with Gasteiger partial charge in [0.15, 0.2) is 0 Å². The van der Waals surface area contributed by atoms with Crippen molar-refractivity contribution in [3.63, 3.8) is 0 Å². The molecule has 108 valence electrons. The molecule has 3 aromatic rings. The number of nitrogens with two attached hydrogens (primary N) is 1. The molecule has 0 aliphatic carbocycles. The van der Waals surface area contributed by atoms with Gasteiger partial charge >= 0.3 is 0 Å². The Bertz CT molecular complexity index is 792. The SMILES string of the molecule is Cc1cc(C(N)Cc2nc3ccccc3n2C)ccc1F. The Morgan fingerprint density at radius 1 is 1.24 bits per heavy atom. The third-order valence-electron chi connectivity index (χ3n) is 3.89. The summed E-state index contributed by atoms with van der Waals surface area (Å²) in [6.07, 6.45) is 0.621. The first-order chi connectivity index (χ1) is 10.1. The molecule has 21 heavy (non-hydrogen) atoms. The molecule has 0 radical (unpaired) electrons. The fourth-order valence-electron chi connectivity index (χ4n) is 2.59. The highest BCUT2D eigenvalue weighted by molar-refractivity contribution is 5.75. The predicted octanol–water partition coefficient (Wildman–Crippen LogP) is 3.26. The molecule has 3 nitrogen and oxygen atoms in total. The highest BCUT2D eigenvalue weighted by Gasteiger charge is 2.14. The van der Waals surface area contributed by atoms with Gasteiger partial charge in [0.25, 0.3) is 0 Å². The zero-order valence-electron chi connectivity index (χ0n) is 12.2. The van der Waals surface area contributed by atoms with Gasteiger partial charge in [-0.05, 0) is 36.2 Å². The molecule has 0 aliphatic heterocycles. The van der Waals surface area contributed by atoms with Crippen molar-refractivity contribution in [2.45, 2.75) is 19.4 Å². The lowest BCUT2D eigenvalue weighted by atomic mass is 10.0. The van der Waals surface area contributed by atoms with E-state index in [0.29, 0.717) is 12.0 Å². The average Bonchev–Trinajstić information content (AvgIpc) is 2.79. The van der Waals surface area contributed by atoms with Crippen LogP contribution in [0.5, 0.6) is 0 Å². The molecule has 0 spiro atoms. The van der Waals surface area contributed by atoms with E-state index in [4.69, 9.17) is 5.73 Å². The quantitative estimate of drug-likeness (QED) is 0.801. The number of fused-ring (bicyclic) bond motifs is 1. The molecule has 1 heterocycles. The van der Waals surface area contributed by atoms with E-state index < -0.39 is 0 Å². The van der Waals surface area contributed by atoms with Gasteiger partial charge in [-0.1, -0.05) is 24.3 Å². The normalized spacial score (nSPS) is 12.8. The van der Waals surface area contributed by atoms with Crippen molar-refractivity contribution in [2.24, 2.45) is 12.8 Å². The van der Waals surface area contributed by atoms with Crippen LogP contribution >= 0.6 is 0 Å². The molecule has 0 bridgehead atoms. The van der Waals surface area contributed by atoms with Gasteiger partial charge in [-0.3, -0.25) is 0 Å². The van der Waals surface area contributed by atoms with Gasteiger partial charge < -0.3 is 10.3 Å². The zero-order chi connectivity index (χ0) is 15.0. The first-order valence-corrected chi connectivity index (χ1v) is 6.98. The number of halogens is 1. The van der Waals surface area contributed by atoms with Gasteiger partial charge in [-0.25, -0.2) is 9.37 Å². The summed E-state index contributed by atoms with van der Waals surface area (Å²) in [5.41, 5.74) is 9.87. The van der Waals surface area contributed by atoms with Gasteiger partial charge in [-0.2, -0.15) is 0 Å². The number of para-hydroxylation sites is 2. The molecule has 4 heteroatoms. The standard InChI is InChI=1S/C17H18FN3/c1-11-9-12(7-8-13(11)18)14(19)10-17-20-15-5-3-4-6-16(15)21(17)2/h3-9,14H,10,19H2,1-2H3. The van der Waals surface area contributed by atoms with Crippen LogP contribution < -0.4 is 5.73 Å². The molecule has 0 amide bonds. The van der Waals surface area contributed by atoms with E-state index in [1.807, 2.05) is 37.4 Å². The van der Waals surface area contributed by atoms with E-state index >= 15 is 0 Å². The molecule has 2 N–H and O–H groups in total. The maximum Gasteiger partial charge on any atom is 0.126 e. The van der Waals surface area contributed by atoms with Crippen LogP contribution in [0.3, 0.4) is 0 Å². The first kappa shape index (κ1) is 13.8. The Balaban J connectivity index is 1.90. The van der Waals surface area contributed by atoms with E-state index in [2.05, 4.69) is 9.55 Å². The molecule has 2 aromatic carbocycles. The number of hydrogen-bond donors (Lipinski definition) is 1. The molecule has 1 unspecified atom stereocenters. The smallest absolute Gasteiger partial charge is 0.126 e. The highest BCUT2D eigenvalue weighted by Crippen LogP contribution is 2.21. The topological polar surface area (TPSA) is 43.8 Å². The van der Waals surface area contributed by atoms with E-state index in [1.54, 1.807) is 13.0 Å². The molecule has 0 saturated carbocycles. The second-order valence-electron chi connectivity index (χ2n) is 5.40. The lowest BCUT2D eigenvalue weighted by Crippen LogP contribution is -2.16. The minimum Gasteiger partial charge on any atom is -0.331 e. The summed E-state index contributed by atoms with van der Waals surface area (Å²) in [6, 6.07) is 12.8. The molecule has 1 aromatic heterocycles. The van der Waals surface area contributed by atoms with Crippen LogP contribution in [0.1, 0.15) is 23.0 Å². The first-order valence-electron chi connectivity index (χ1n) is 6.98. The molecule has 0 fully saturated rings. The Kier molecular flexibility index (Phi) is 3.47. The van der Waals surface area contributed by atoms with E-state index in [0.717, 1.165) is 22.4 Å². The van der Waals surface area contributed by atoms with Crippen LogP contribution in [0.25, 0.3) is 11.0 Å². The van der Waals surface area contributed by atoms with Crippen molar-refractivity contribution >= 4 is 11.0 Å². The second kappa shape index (κ2) is 5.30. The summed E-state index contributed by atoms with van der Waals surface area (Å²) < 4.78 is 15.4. The van der Waals surface area contributed by atoms with Crippen LogP contribution in [0.2, 0.25) is 0 Å². The Morgan fingerprint density at radius 2 is 2.00 bits per heavy atom. The predicted molar refractivity (Wildman–Crippen MR) is 82.5 cm³/mol. The van der Waals surface area contributed by atoms with Crippen LogP contribution in [0.4, 0.5) is 4.39 Å². The van der Waals surface area contributed by atoms with Crippen molar-refractivity contribution in [3.05, 3.63) is 65.2 Å². The largest absolute Gasteiger partial charge is 0.331 e. The summed E-state index contributed by atoms with van der Waals surface area (Å²) in [5, 5.41) is 0. The van der Waals surface area contributed by atoms with Gasteiger partial charge in [0, 0.05) is 19.5 Å². The number of hydrogen-bond acceptors (Lipinski definition) is 2. The van der Waals surface area contributed by atoms with Crippen LogP contribution in [0.15, 0.2) is 42.5 Å². The lowest BCUT2D eigenvalue weighted by Gasteiger charge is -2.13. The lowest BCUT2D eigenvalue weighted by molar-refractivity contribution is 0.612. The van der Waals surface area contributed by atoms with Crippen molar-refractivity contribution in [3.8, 4) is 0 Å². The molecule has 1 atom stereocenters. The maximum atomic E-state index is 13.3. The van der Waals surface area contributed by atoms with Gasteiger partial charge in [-0.15, -0.1) is 0 Å². The van der Waals surface area contributed by atoms with Crippen LogP contribution in [0, 0.1) is 12.7 Å². The number of aryl methyl sites for hydroxylation is 2. The number of nitrogens with zero attached hydrogens (tertiary/aromatic N) is 2. The molecular weight excluding hydrogens is 265 g/mol. The van der Waals surface area contributed by atoms with Gasteiger partial charge in [0.2, 0.25) is 0 Å².